The number of halogens is 4. The van der Waals surface area contributed by atoms with Crippen molar-refractivity contribution >= 4 is 10.9 Å². The Balaban J connectivity index is 3.09. The Morgan fingerprint density at radius 1 is 1.22 bits per heavy atom. The molecule has 0 atom stereocenters. The summed E-state index contributed by atoms with van der Waals surface area (Å²) in [7, 11) is 1.36. The van der Waals surface area contributed by atoms with Crippen molar-refractivity contribution in [3.05, 3.63) is 45.5 Å². The Hall–Kier alpha value is -1.85. The number of pyridine rings is 1. The summed E-state index contributed by atoms with van der Waals surface area (Å²) >= 11 is 0. The predicted molar refractivity (Wildman–Crippen MR) is 58.9 cm³/mol. The molecule has 1 heterocycles. The van der Waals surface area contributed by atoms with E-state index in [0.717, 1.165) is 23.6 Å². The van der Waals surface area contributed by atoms with Crippen LogP contribution in [0.5, 0.6) is 0 Å². The summed E-state index contributed by atoms with van der Waals surface area (Å²) in [5.41, 5.74) is -2.18. The Bertz CT molecular complexity index is 685. The van der Waals surface area contributed by atoms with Crippen LogP contribution in [0.25, 0.3) is 10.9 Å². The summed E-state index contributed by atoms with van der Waals surface area (Å²) in [6.07, 6.45) is -4.69. The van der Waals surface area contributed by atoms with Crippen LogP contribution >= 0.6 is 0 Å². The Morgan fingerprint density at radius 2 is 1.83 bits per heavy atom. The van der Waals surface area contributed by atoms with Crippen LogP contribution in [0.1, 0.15) is 11.1 Å². The zero-order chi connectivity index (χ0) is 13.7. The van der Waals surface area contributed by atoms with Crippen LogP contribution in [0, 0.1) is 12.7 Å². The Labute approximate surface area is 99.5 Å². The highest BCUT2D eigenvalue weighted by atomic mass is 19.4. The molecule has 0 unspecified atom stereocenters. The van der Waals surface area contributed by atoms with Crippen molar-refractivity contribution in [2.45, 2.75) is 13.1 Å². The second kappa shape index (κ2) is 3.83. The molecule has 0 aliphatic rings. The largest absolute Gasteiger partial charge is 0.417 e. The molecular weight excluding hydrogens is 250 g/mol. The highest BCUT2D eigenvalue weighted by Crippen LogP contribution is 2.35. The maximum Gasteiger partial charge on any atom is 0.417 e. The van der Waals surface area contributed by atoms with E-state index in [1.165, 1.54) is 13.1 Å². The van der Waals surface area contributed by atoms with Gasteiger partial charge >= 0.3 is 6.18 Å². The lowest BCUT2D eigenvalue weighted by Gasteiger charge is -2.15. The van der Waals surface area contributed by atoms with Crippen LogP contribution in [-0.2, 0) is 13.2 Å². The van der Waals surface area contributed by atoms with Gasteiger partial charge in [0, 0.05) is 18.0 Å². The number of fused-ring (bicyclic) bond motifs is 1. The van der Waals surface area contributed by atoms with Gasteiger partial charge in [-0.2, -0.15) is 13.2 Å². The lowest BCUT2D eigenvalue weighted by molar-refractivity contribution is -0.136. The van der Waals surface area contributed by atoms with Gasteiger partial charge in [-0.05, 0) is 25.1 Å². The van der Waals surface area contributed by atoms with E-state index in [9.17, 15) is 22.4 Å². The number of alkyl halides is 3. The number of aromatic nitrogens is 1. The number of hydrogen-bond acceptors (Lipinski definition) is 1. The van der Waals surface area contributed by atoms with Crippen molar-refractivity contribution in [1.29, 1.82) is 0 Å². The number of hydrogen-bond donors (Lipinski definition) is 0. The SMILES string of the molecule is Cc1c(C(F)(F)F)c2cc(F)ccc2n(C)c1=O. The molecular formula is C12H9F4NO. The Kier molecular flexibility index (Phi) is 2.68. The molecule has 0 saturated carbocycles. The summed E-state index contributed by atoms with van der Waals surface area (Å²) < 4.78 is 53.1. The third-order valence-corrected chi connectivity index (χ3v) is 2.87. The molecule has 0 amide bonds. The van der Waals surface area contributed by atoms with Gasteiger partial charge in [0.15, 0.2) is 0 Å². The molecule has 0 aliphatic carbocycles. The minimum absolute atomic E-state index is 0.0549. The first-order chi connectivity index (χ1) is 8.23. The Morgan fingerprint density at radius 3 is 2.39 bits per heavy atom. The molecule has 0 N–H and O–H groups in total. The van der Waals surface area contributed by atoms with Crippen LogP contribution in [-0.4, -0.2) is 4.57 Å². The third kappa shape index (κ3) is 1.77. The molecule has 0 radical (unpaired) electrons. The zero-order valence-corrected chi connectivity index (χ0v) is 9.60. The first-order valence-electron chi connectivity index (χ1n) is 5.09. The minimum Gasteiger partial charge on any atom is -0.311 e. The lowest BCUT2D eigenvalue weighted by atomic mass is 10.0. The predicted octanol–water partition coefficient (Wildman–Crippen LogP) is 3.00. The van der Waals surface area contributed by atoms with E-state index in [4.69, 9.17) is 0 Å². The van der Waals surface area contributed by atoms with E-state index in [1.54, 1.807) is 0 Å². The van der Waals surface area contributed by atoms with E-state index in [0.29, 0.717) is 0 Å². The van der Waals surface area contributed by atoms with Crippen LogP contribution in [0.15, 0.2) is 23.0 Å². The summed E-state index contributed by atoms with van der Waals surface area (Å²) in [5, 5.41) is -0.304. The minimum atomic E-state index is -4.69. The quantitative estimate of drug-likeness (QED) is 0.666. The molecule has 2 nitrogen and oxygen atoms in total. The van der Waals surface area contributed by atoms with Gasteiger partial charge in [-0.15, -0.1) is 0 Å². The van der Waals surface area contributed by atoms with Crippen LogP contribution < -0.4 is 5.56 Å². The van der Waals surface area contributed by atoms with Gasteiger partial charge in [0.2, 0.25) is 0 Å². The molecule has 0 aliphatic heterocycles. The fourth-order valence-corrected chi connectivity index (χ4v) is 2.04. The molecule has 0 bridgehead atoms. The lowest BCUT2D eigenvalue weighted by Crippen LogP contribution is -2.25. The van der Waals surface area contributed by atoms with Crippen LogP contribution in [0.2, 0.25) is 0 Å². The summed E-state index contributed by atoms with van der Waals surface area (Å²) in [6, 6.07) is 2.99. The number of nitrogens with zero attached hydrogens (tertiary/aromatic N) is 1. The average molecular weight is 259 g/mol. The molecule has 1 aromatic heterocycles. The molecule has 18 heavy (non-hydrogen) atoms. The van der Waals surface area contributed by atoms with Gasteiger partial charge < -0.3 is 4.57 Å². The van der Waals surface area contributed by atoms with Gasteiger partial charge in [0.25, 0.3) is 5.56 Å². The molecule has 0 spiro atoms. The molecule has 6 heteroatoms. The van der Waals surface area contributed by atoms with Crippen molar-refractivity contribution in [1.82, 2.24) is 4.57 Å². The molecule has 0 fully saturated rings. The van der Waals surface area contributed by atoms with Crippen molar-refractivity contribution < 1.29 is 17.6 Å². The highest BCUT2D eigenvalue weighted by Gasteiger charge is 2.36. The van der Waals surface area contributed by atoms with Crippen molar-refractivity contribution in [2.75, 3.05) is 0 Å². The highest BCUT2D eigenvalue weighted by molar-refractivity contribution is 5.84. The second-order valence-electron chi connectivity index (χ2n) is 4.02. The molecule has 96 valence electrons. The molecule has 1 aromatic carbocycles. The zero-order valence-electron chi connectivity index (χ0n) is 9.60. The fourth-order valence-electron chi connectivity index (χ4n) is 2.04. The van der Waals surface area contributed by atoms with Gasteiger partial charge in [0.05, 0.1) is 11.1 Å². The van der Waals surface area contributed by atoms with E-state index in [-0.39, 0.29) is 10.9 Å². The van der Waals surface area contributed by atoms with Crippen molar-refractivity contribution in [3.8, 4) is 0 Å². The molecule has 2 aromatic rings. The smallest absolute Gasteiger partial charge is 0.311 e. The van der Waals surface area contributed by atoms with E-state index in [2.05, 4.69) is 0 Å². The van der Waals surface area contributed by atoms with E-state index >= 15 is 0 Å². The van der Waals surface area contributed by atoms with Gasteiger partial charge in [-0.1, -0.05) is 0 Å². The van der Waals surface area contributed by atoms with Gasteiger partial charge in [0.1, 0.15) is 5.82 Å². The monoisotopic (exact) mass is 259 g/mol. The first kappa shape index (κ1) is 12.6. The summed E-state index contributed by atoms with van der Waals surface area (Å²) in [4.78, 5) is 11.7. The number of benzene rings is 1. The average Bonchev–Trinajstić information content (AvgIpc) is 2.24. The number of rotatable bonds is 0. The molecule has 0 saturated heterocycles. The van der Waals surface area contributed by atoms with Crippen molar-refractivity contribution in [2.24, 2.45) is 7.05 Å². The van der Waals surface area contributed by atoms with Crippen LogP contribution in [0.4, 0.5) is 17.6 Å². The standard InChI is InChI=1S/C12H9F4NO/c1-6-10(12(14,15)16)8-5-7(13)3-4-9(8)17(2)11(6)18/h3-5H,1-2H3. The summed E-state index contributed by atoms with van der Waals surface area (Å²) in [5.74, 6) is -0.772. The third-order valence-electron chi connectivity index (χ3n) is 2.87. The van der Waals surface area contributed by atoms with Crippen LogP contribution in [0.3, 0.4) is 0 Å². The molecule has 2 rings (SSSR count). The first-order valence-corrected chi connectivity index (χ1v) is 5.09. The van der Waals surface area contributed by atoms with Crippen molar-refractivity contribution in [3.63, 3.8) is 0 Å². The fraction of sp³-hybridized carbons (Fsp3) is 0.250. The number of aryl methyl sites for hydroxylation is 1. The summed E-state index contributed by atoms with van der Waals surface area (Å²) in [6.45, 7) is 1.09. The van der Waals surface area contributed by atoms with Gasteiger partial charge in [-0.25, -0.2) is 4.39 Å². The van der Waals surface area contributed by atoms with E-state index < -0.39 is 28.7 Å². The normalized spacial score (nSPS) is 12.1. The second-order valence-corrected chi connectivity index (χ2v) is 4.02. The maximum absolute atomic E-state index is 13.1. The topological polar surface area (TPSA) is 22.0 Å². The van der Waals surface area contributed by atoms with Gasteiger partial charge in [-0.3, -0.25) is 4.79 Å². The maximum atomic E-state index is 13.1. The van der Waals surface area contributed by atoms with E-state index in [1.807, 2.05) is 0 Å².